The molecule has 0 amide bonds. The van der Waals surface area contributed by atoms with Gasteiger partial charge in [0.1, 0.15) is 5.75 Å². The number of hydrogen-bond donors (Lipinski definition) is 0. The highest BCUT2D eigenvalue weighted by atomic mass is 35.5. The Hall–Kier alpha value is -1.80. The summed E-state index contributed by atoms with van der Waals surface area (Å²) in [4.78, 5) is 12.0. The molecular formula is C16H13ClO2. The number of fused-ring (bicyclic) bond motifs is 1. The SMILES string of the molecule is O=C1Oc2ccc(Cl)cc2C[C@@H]1Cc1ccccc1. The van der Waals surface area contributed by atoms with E-state index in [4.69, 9.17) is 16.3 Å². The molecule has 19 heavy (non-hydrogen) atoms. The van der Waals surface area contributed by atoms with Gasteiger partial charge in [-0.2, -0.15) is 0 Å². The summed E-state index contributed by atoms with van der Waals surface area (Å²) in [5.74, 6) is 0.353. The van der Waals surface area contributed by atoms with Crippen molar-refractivity contribution < 1.29 is 9.53 Å². The van der Waals surface area contributed by atoms with Crippen molar-refractivity contribution in [1.29, 1.82) is 0 Å². The zero-order valence-electron chi connectivity index (χ0n) is 10.3. The van der Waals surface area contributed by atoms with Gasteiger partial charge in [0.2, 0.25) is 0 Å². The summed E-state index contributed by atoms with van der Waals surface area (Å²) in [6.07, 6.45) is 1.38. The van der Waals surface area contributed by atoms with Crippen LogP contribution in [0.3, 0.4) is 0 Å². The molecule has 2 aromatic rings. The third kappa shape index (κ3) is 2.64. The van der Waals surface area contributed by atoms with Gasteiger partial charge in [-0.15, -0.1) is 0 Å². The molecule has 2 aromatic carbocycles. The fourth-order valence-electron chi connectivity index (χ4n) is 2.40. The molecule has 1 aliphatic heterocycles. The van der Waals surface area contributed by atoms with Gasteiger partial charge >= 0.3 is 5.97 Å². The van der Waals surface area contributed by atoms with E-state index >= 15 is 0 Å². The van der Waals surface area contributed by atoms with Crippen LogP contribution in [0.4, 0.5) is 0 Å². The van der Waals surface area contributed by atoms with Crippen molar-refractivity contribution in [2.45, 2.75) is 12.8 Å². The van der Waals surface area contributed by atoms with Crippen molar-refractivity contribution >= 4 is 17.6 Å². The van der Waals surface area contributed by atoms with Crippen LogP contribution >= 0.6 is 11.6 Å². The Morgan fingerprint density at radius 2 is 1.95 bits per heavy atom. The first-order valence-electron chi connectivity index (χ1n) is 6.26. The van der Waals surface area contributed by atoms with E-state index in [-0.39, 0.29) is 11.9 Å². The molecule has 0 radical (unpaired) electrons. The van der Waals surface area contributed by atoms with Crippen LogP contribution in [0.1, 0.15) is 11.1 Å². The molecule has 0 saturated carbocycles. The molecule has 0 aliphatic carbocycles. The molecule has 3 rings (SSSR count). The second-order valence-corrected chi connectivity index (χ2v) is 5.20. The molecule has 0 fully saturated rings. The molecular weight excluding hydrogens is 260 g/mol. The molecule has 1 aliphatic rings. The van der Waals surface area contributed by atoms with Crippen LogP contribution in [-0.2, 0) is 17.6 Å². The Morgan fingerprint density at radius 3 is 2.74 bits per heavy atom. The maximum absolute atomic E-state index is 12.0. The van der Waals surface area contributed by atoms with E-state index in [0.29, 0.717) is 23.6 Å². The monoisotopic (exact) mass is 272 g/mol. The third-order valence-electron chi connectivity index (χ3n) is 3.36. The fraction of sp³-hybridized carbons (Fsp3) is 0.188. The van der Waals surface area contributed by atoms with Crippen LogP contribution in [0.15, 0.2) is 48.5 Å². The van der Waals surface area contributed by atoms with Gasteiger partial charge < -0.3 is 4.74 Å². The van der Waals surface area contributed by atoms with Crippen LogP contribution in [0.25, 0.3) is 0 Å². The molecule has 0 aromatic heterocycles. The quantitative estimate of drug-likeness (QED) is 0.616. The second kappa shape index (κ2) is 5.06. The summed E-state index contributed by atoms with van der Waals surface area (Å²) in [6.45, 7) is 0. The highest BCUT2D eigenvalue weighted by Gasteiger charge is 2.28. The lowest BCUT2D eigenvalue weighted by Crippen LogP contribution is -2.29. The van der Waals surface area contributed by atoms with E-state index in [2.05, 4.69) is 0 Å². The number of carbonyl (C=O) groups is 1. The highest BCUT2D eigenvalue weighted by Crippen LogP contribution is 2.31. The normalized spacial score (nSPS) is 17.7. The van der Waals surface area contributed by atoms with Gasteiger partial charge in [0.05, 0.1) is 5.92 Å². The summed E-state index contributed by atoms with van der Waals surface area (Å²) < 4.78 is 5.37. The largest absolute Gasteiger partial charge is 0.426 e. The lowest BCUT2D eigenvalue weighted by Gasteiger charge is -2.23. The standard InChI is InChI=1S/C16H13ClO2/c17-14-6-7-15-12(10-14)9-13(16(18)19-15)8-11-4-2-1-3-5-11/h1-7,10,13H,8-9H2/t13-/m0/s1. The van der Waals surface area contributed by atoms with Crippen LogP contribution < -0.4 is 4.74 Å². The molecule has 1 heterocycles. The van der Waals surface area contributed by atoms with E-state index in [0.717, 1.165) is 11.1 Å². The molecule has 0 saturated heterocycles. The molecule has 3 heteroatoms. The van der Waals surface area contributed by atoms with E-state index in [1.165, 1.54) is 0 Å². The minimum absolute atomic E-state index is 0.131. The van der Waals surface area contributed by atoms with Gasteiger partial charge in [0.15, 0.2) is 0 Å². The second-order valence-electron chi connectivity index (χ2n) is 4.76. The zero-order chi connectivity index (χ0) is 13.2. The van der Waals surface area contributed by atoms with Crippen molar-refractivity contribution in [3.05, 3.63) is 64.7 Å². The van der Waals surface area contributed by atoms with Gasteiger partial charge in [-0.3, -0.25) is 4.79 Å². The smallest absolute Gasteiger partial charge is 0.315 e. The average molecular weight is 273 g/mol. The maximum atomic E-state index is 12.0. The number of hydrogen-bond acceptors (Lipinski definition) is 2. The van der Waals surface area contributed by atoms with E-state index in [1.807, 2.05) is 36.4 Å². The zero-order valence-corrected chi connectivity index (χ0v) is 11.1. The number of carbonyl (C=O) groups excluding carboxylic acids is 1. The first-order valence-corrected chi connectivity index (χ1v) is 6.64. The van der Waals surface area contributed by atoms with Gasteiger partial charge in [0.25, 0.3) is 0 Å². The molecule has 0 spiro atoms. The molecule has 2 nitrogen and oxygen atoms in total. The van der Waals surface area contributed by atoms with Gasteiger partial charge in [-0.05, 0) is 42.2 Å². The van der Waals surface area contributed by atoms with Crippen LogP contribution in [0.2, 0.25) is 5.02 Å². The molecule has 0 unspecified atom stereocenters. The summed E-state index contributed by atoms with van der Waals surface area (Å²) in [7, 11) is 0. The number of esters is 1. The molecule has 1 atom stereocenters. The lowest BCUT2D eigenvalue weighted by molar-refractivity contribution is -0.140. The Bertz CT molecular complexity index is 607. The number of rotatable bonds is 2. The molecule has 0 N–H and O–H groups in total. The average Bonchev–Trinajstić information content (AvgIpc) is 2.41. The molecule has 0 bridgehead atoms. The van der Waals surface area contributed by atoms with Crippen molar-refractivity contribution in [2.24, 2.45) is 5.92 Å². The first kappa shape index (κ1) is 12.2. The Morgan fingerprint density at radius 1 is 1.16 bits per heavy atom. The fourth-order valence-corrected chi connectivity index (χ4v) is 2.60. The third-order valence-corrected chi connectivity index (χ3v) is 3.59. The Balaban J connectivity index is 1.83. The Kier molecular flexibility index (Phi) is 3.26. The van der Waals surface area contributed by atoms with E-state index < -0.39 is 0 Å². The summed E-state index contributed by atoms with van der Waals surface area (Å²) >= 11 is 5.98. The minimum atomic E-state index is -0.154. The van der Waals surface area contributed by atoms with E-state index in [9.17, 15) is 4.79 Å². The summed E-state index contributed by atoms with van der Waals surface area (Å²) in [5.41, 5.74) is 2.16. The summed E-state index contributed by atoms with van der Waals surface area (Å²) in [6, 6.07) is 15.4. The topological polar surface area (TPSA) is 26.3 Å². The van der Waals surface area contributed by atoms with Crippen molar-refractivity contribution in [3.63, 3.8) is 0 Å². The highest BCUT2D eigenvalue weighted by molar-refractivity contribution is 6.30. The van der Waals surface area contributed by atoms with E-state index in [1.54, 1.807) is 12.1 Å². The van der Waals surface area contributed by atoms with Gasteiger partial charge in [-0.1, -0.05) is 41.9 Å². The van der Waals surface area contributed by atoms with Crippen LogP contribution in [-0.4, -0.2) is 5.97 Å². The summed E-state index contributed by atoms with van der Waals surface area (Å²) in [5, 5.41) is 0.676. The van der Waals surface area contributed by atoms with Crippen molar-refractivity contribution in [2.75, 3.05) is 0 Å². The maximum Gasteiger partial charge on any atom is 0.315 e. The predicted molar refractivity (Wildman–Crippen MR) is 74.4 cm³/mol. The number of benzene rings is 2. The number of halogens is 1. The van der Waals surface area contributed by atoms with Gasteiger partial charge in [0, 0.05) is 5.02 Å². The Labute approximate surface area is 117 Å². The van der Waals surface area contributed by atoms with Gasteiger partial charge in [-0.25, -0.2) is 0 Å². The van der Waals surface area contributed by atoms with Crippen LogP contribution in [0, 0.1) is 5.92 Å². The predicted octanol–water partition coefficient (Wildman–Crippen LogP) is 3.66. The number of ether oxygens (including phenoxy) is 1. The lowest BCUT2D eigenvalue weighted by atomic mass is 9.90. The van der Waals surface area contributed by atoms with Crippen molar-refractivity contribution in [3.8, 4) is 5.75 Å². The first-order chi connectivity index (χ1) is 9.22. The van der Waals surface area contributed by atoms with Crippen LogP contribution in [0.5, 0.6) is 5.75 Å². The molecule has 96 valence electrons. The minimum Gasteiger partial charge on any atom is -0.426 e. The van der Waals surface area contributed by atoms with Crippen molar-refractivity contribution in [1.82, 2.24) is 0 Å².